The fourth-order valence-corrected chi connectivity index (χ4v) is 1.61. The average Bonchev–Trinajstić information content (AvgIpc) is 2.42. The van der Waals surface area contributed by atoms with E-state index in [4.69, 9.17) is 0 Å². The summed E-state index contributed by atoms with van der Waals surface area (Å²) in [5.74, 6) is -2.46. The molecule has 0 spiro atoms. The minimum Gasteiger partial charge on any atom is -0.294 e. The van der Waals surface area contributed by atoms with E-state index in [9.17, 15) is 18.0 Å². The van der Waals surface area contributed by atoms with Crippen LogP contribution < -0.4 is 0 Å². The van der Waals surface area contributed by atoms with Gasteiger partial charge >= 0.3 is 6.18 Å². The standard InChI is InChI=1S/C10H13F3O/c1-2-3-4-7-5-6-8(9(7)14)10(11,12)13/h4,8H,2-3,5-6H2,1H3/b7-4-. The van der Waals surface area contributed by atoms with Gasteiger partial charge in [-0.3, -0.25) is 4.79 Å². The van der Waals surface area contributed by atoms with Crippen LogP contribution in [0, 0.1) is 5.92 Å². The number of Topliss-reactive ketones (excluding diaryl/α,β-unsaturated/α-hetero) is 1. The van der Waals surface area contributed by atoms with Gasteiger partial charge in [-0.25, -0.2) is 0 Å². The van der Waals surface area contributed by atoms with E-state index >= 15 is 0 Å². The summed E-state index contributed by atoms with van der Waals surface area (Å²) in [6.45, 7) is 1.93. The Balaban J connectivity index is 2.70. The molecular weight excluding hydrogens is 193 g/mol. The molecule has 0 heterocycles. The first-order chi connectivity index (χ1) is 6.46. The van der Waals surface area contributed by atoms with E-state index in [-0.39, 0.29) is 12.8 Å². The van der Waals surface area contributed by atoms with Crippen LogP contribution in [0.1, 0.15) is 32.6 Å². The van der Waals surface area contributed by atoms with Gasteiger partial charge in [0.2, 0.25) is 0 Å². The summed E-state index contributed by atoms with van der Waals surface area (Å²) in [5.41, 5.74) is 0.370. The molecule has 1 aliphatic carbocycles. The van der Waals surface area contributed by atoms with Gasteiger partial charge < -0.3 is 0 Å². The number of alkyl halides is 3. The summed E-state index contributed by atoms with van der Waals surface area (Å²) in [6.07, 6.45) is -0.965. The molecular formula is C10H13F3O. The number of hydrogen-bond donors (Lipinski definition) is 0. The molecule has 4 heteroatoms. The Morgan fingerprint density at radius 2 is 2.14 bits per heavy atom. The van der Waals surface area contributed by atoms with Crippen LogP contribution in [-0.2, 0) is 4.79 Å². The second-order valence-electron chi connectivity index (χ2n) is 3.52. The number of carbonyl (C=O) groups is 1. The van der Waals surface area contributed by atoms with E-state index in [0.29, 0.717) is 12.0 Å². The lowest BCUT2D eigenvalue weighted by Gasteiger charge is -2.11. The van der Waals surface area contributed by atoms with Gasteiger partial charge in [-0.05, 0) is 24.8 Å². The first-order valence-corrected chi connectivity index (χ1v) is 4.76. The molecule has 0 N–H and O–H groups in total. The first-order valence-electron chi connectivity index (χ1n) is 4.76. The van der Waals surface area contributed by atoms with Crippen LogP contribution in [0.3, 0.4) is 0 Å². The van der Waals surface area contributed by atoms with Gasteiger partial charge in [0, 0.05) is 0 Å². The smallest absolute Gasteiger partial charge is 0.294 e. The van der Waals surface area contributed by atoms with Crippen LogP contribution in [0.25, 0.3) is 0 Å². The Kier molecular flexibility index (Phi) is 3.34. The van der Waals surface area contributed by atoms with E-state index in [1.54, 1.807) is 6.08 Å². The van der Waals surface area contributed by atoms with Gasteiger partial charge in [-0.2, -0.15) is 13.2 Å². The number of hydrogen-bond acceptors (Lipinski definition) is 1. The van der Waals surface area contributed by atoms with Crippen molar-refractivity contribution in [1.29, 1.82) is 0 Å². The number of carbonyl (C=O) groups excluding carboxylic acids is 1. The third-order valence-corrected chi connectivity index (χ3v) is 2.41. The molecule has 14 heavy (non-hydrogen) atoms. The number of unbranched alkanes of at least 4 members (excludes halogenated alkanes) is 1. The molecule has 0 aromatic carbocycles. The van der Waals surface area contributed by atoms with E-state index in [1.165, 1.54) is 0 Å². The maximum absolute atomic E-state index is 12.3. The van der Waals surface area contributed by atoms with Crippen LogP contribution in [0.4, 0.5) is 13.2 Å². The molecule has 1 saturated carbocycles. The third kappa shape index (κ3) is 2.36. The Morgan fingerprint density at radius 3 is 2.57 bits per heavy atom. The van der Waals surface area contributed by atoms with Crippen molar-refractivity contribution < 1.29 is 18.0 Å². The molecule has 0 aromatic heterocycles. The summed E-state index contributed by atoms with van der Waals surface area (Å²) >= 11 is 0. The highest BCUT2D eigenvalue weighted by atomic mass is 19.4. The van der Waals surface area contributed by atoms with Crippen LogP contribution in [0.2, 0.25) is 0 Å². The number of ketones is 1. The van der Waals surface area contributed by atoms with Crippen molar-refractivity contribution in [2.75, 3.05) is 0 Å². The molecule has 0 amide bonds. The van der Waals surface area contributed by atoms with Crippen molar-refractivity contribution in [2.24, 2.45) is 5.92 Å². The maximum Gasteiger partial charge on any atom is 0.398 e. The molecule has 0 saturated heterocycles. The van der Waals surface area contributed by atoms with Crippen molar-refractivity contribution in [3.63, 3.8) is 0 Å². The lowest BCUT2D eigenvalue weighted by molar-refractivity contribution is -0.176. The predicted octanol–water partition coefficient (Wildman–Crippen LogP) is 3.25. The van der Waals surface area contributed by atoms with Crippen LogP contribution in [-0.4, -0.2) is 12.0 Å². The molecule has 0 aliphatic heterocycles. The Bertz CT molecular complexity index is 253. The van der Waals surface area contributed by atoms with Crippen molar-refractivity contribution in [1.82, 2.24) is 0 Å². The van der Waals surface area contributed by atoms with Crippen molar-refractivity contribution in [3.05, 3.63) is 11.6 Å². The predicted molar refractivity (Wildman–Crippen MR) is 46.8 cm³/mol. The van der Waals surface area contributed by atoms with E-state index < -0.39 is 17.9 Å². The zero-order chi connectivity index (χ0) is 10.8. The summed E-state index contributed by atoms with van der Waals surface area (Å²) in [7, 11) is 0. The summed E-state index contributed by atoms with van der Waals surface area (Å²) in [6, 6.07) is 0. The van der Waals surface area contributed by atoms with Gasteiger partial charge in [0.25, 0.3) is 0 Å². The van der Waals surface area contributed by atoms with Crippen molar-refractivity contribution in [2.45, 2.75) is 38.8 Å². The summed E-state index contributed by atoms with van der Waals surface area (Å²) in [5, 5.41) is 0. The van der Waals surface area contributed by atoms with Crippen LogP contribution >= 0.6 is 0 Å². The number of rotatable bonds is 2. The van der Waals surface area contributed by atoms with Crippen molar-refractivity contribution >= 4 is 5.78 Å². The van der Waals surface area contributed by atoms with Gasteiger partial charge in [0.15, 0.2) is 5.78 Å². The first kappa shape index (κ1) is 11.3. The highest BCUT2D eigenvalue weighted by molar-refractivity contribution is 5.99. The summed E-state index contributed by atoms with van der Waals surface area (Å²) < 4.78 is 36.8. The largest absolute Gasteiger partial charge is 0.398 e. The molecule has 1 rings (SSSR count). The Hall–Kier alpha value is -0.800. The fourth-order valence-electron chi connectivity index (χ4n) is 1.61. The average molecular weight is 206 g/mol. The second-order valence-corrected chi connectivity index (χ2v) is 3.52. The molecule has 80 valence electrons. The molecule has 1 unspecified atom stereocenters. The van der Waals surface area contributed by atoms with Crippen molar-refractivity contribution in [3.8, 4) is 0 Å². The van der Waals surface area contributed by atoms with Gasteiger partial charge in [-0.1, -0.05) is 19.4 Å². The quantitative estimate of drug-likeness (QED) is 0.634. The van der Waals surface area contributed by atoms with Crippen LogP contribution in [0.15, 0.2) is 11.6 Å². The highest BCUT2D eigenvalue weighted by Crippen LogP contribution is 2.38. The van der Waals surface area contributed by atoms with E-state index in [2.05, 4.69) is 0 Å². The minimum absolute atomic E-state index is 0.0715. The van der Waals surface area contributed by atoms with Crippen LogP contribution in [0.5, 0.6) is 0 Å². The maximum atomic E-state index is 12.3. The topological polar surface area (TPSA) is 17.1 Å². The van der Waals surface area contributed by atoms with Gasteiger partial charge in [0.1, 0.15) is 5.92 Å². The highest BCUT2D eigenvalue weighted by Gasteiger charge is 2.48. The van der Waals surface area contributed by atoms with Gasteiger partial charge in [-0.15, -0.1) is 0 Å². The summed E-state index contributed by atoms with van der Waals surface area (Å²) in [4.78, 5) is 11.3. The third-order valence-electron chi connectivity index (χ3n) is 2.41. The van der Waals surface area contributed by atoms with E-state index in [0.717, 1.165) is 6.42 Å². The molecule has 0 aromatic rings. The lowest BCUT2D eigenvalue weighted by atomic mass is 10.1. The SMILES string of the molecule is CCC/C=C1/CCC(C(F)(F)F)C1=O. The van der Waals surface area contributed by atoms with Gasteiger partial charge in [0.05, 0.1) is 0 Å². The Labute approximate surface area is 81.0 Å². The fraction of sp³-hybridized carbons (Fsp3) is 0.700. The molecule has 0 bridgehead atoms. The normalized spacial score (nSPS) is 26.1. The zero-order valence-corrected chi connectivity index (χ0v) is 8.03. The molecule has 1 nitrogen and oxygen atoms in total. The zero-order valence-electron chi connectivity index (χ0n) is 8.03. The minimum atomic E-state index is -4.36. The molecule has 1 atom stereocenters. The number of allylic oxidation sites excluding steroid dienone is 2. The molecule has 0 radical (unpaired) electrons. The number of halogens is 3. The molecule has 1 fully saturated rings. The molecule has 1 aliphatic rings. The monoisotopic (exact) mass is 206 g/mol. The lowest BCUT2D eigenvalue weighted by Crippen LogP contribution is -2.26. The second kappa shape index (κ2) is 4.15. The Morgan fingerprint density at radius 1 is 1.50 bits per heavy atom. The van der Waals surface area contributed by atoms with E-state index in [1.807, 2.05) is 6.92 Å².